The highest BCUT2D eigenvalue weighted by Crippen LogP contribution is 2.34. The van der Waals surface area contributed by atoms with Crippen molar-refractivity contribution in [2.24, 2.45) is 5.41 Å². The predicted molar refractivity (Wildman–Crippen MR) is 65.3 cm³/mol. The molecule has 0 aromatic heterocycles. The summed E-state index contributed by atoms with van der Waals surface area (Å²) in [5, 5.41) is 21.8. The van der Waals surface area contributed by atoms with Crippen LogP contribution in [0.3, 0.4) is 0 Å². The van der Waals surface area contributed by atoms with Gasteiger partial charge in [-0.05, 0) is 50.5 Å². The quantitative estimate of drug-likeness (QED) is 0.703. The molecule has 4 heteroatoms. The van der Waals surface area contributed by atoms with Gasteiger partial charge in [-0.15, -0.1) is 0 Å². The van der Waals surface area contributed by atoms with Crippen LogP contribution in [-0.4, -0.2) is 22.2 Å². The van der Waals surface area contributed by atoms with Crippen LogP contribution >= 0.6 is 0 Å². The van der Waals surface area contributed by atoms with Crippen molar-refractivity contribution in [1.82, 2.24) is 0 Å². The number of phenols is 1. The highest BCUT2D eigenvalue weighted by molar-refractivity contribution is 5.74. The molecule has 1 aliphatic heterocycles. The van der Waals surface area contributed by atoms with Crippen molar-refractivity contribution in [3.05, 3.63) is 23.8 Å². The summed E-state index contributed by atoms with van der Waals surface area (Å²) < 4.78 is 0. The van der Waals surface area contributed by atoms with E-state index in [2.05, 4.69) is 5.32 Å². The Morgan fingerprint density at radius 3 is 2.88 bits per heavy atom. The maximum atomic E-state index is 11.1. The Hall–Kier alpha value is -1.71. The first-order valence-electron chi connectivity index (χ1n) is 5.70. The lowest BCUT2D eigenvalue weighted by atomic mass is 9.85. The molecule has 0 aliphatic carbocycles. The summed E-state index contributed by atoms with van der Waals surface area (Å²) in [6.07, 6.45) is 1.33. The Kier molecular flexibility index (Phi) is 2.73. The minimum Gasteiger partial charge on any atom is -0.508 e. The lowest BCUT2D eigenvalue weighted by Crippen LogP contribution is -2.31. The van der Waals surface area contributed by atoms with Gasteiger partial charge < -0.3 is 15.5 Å². The second-order valence-corrected chi connectivity index (χ2v) is 5.28. The van der Waals surface area contributed by atoms with Gasteiger partial charge in [-0.2, -0.15) is 0 Å². The fourth-order valence-electron chi connectivity index (χ4n) is 2.25. The summed E-state index contributed by atoms with van der Waals surface area (Å²) in [5.74, 6) is -0.526. The van der Waals surface area contributed by atoms with Crippen molar-refractivity contribution in [1.29, 1.82) is 0 Å². The topological polar surface area (TPSA) is 69.6 Å². The van der Waals surface area contributed by atoms with E-state index in [1.165, 1.54) is 0 Å². The summed E-state index contributed by atoms with van der Waals surface area (Å²) in [4.78, 5) is 11.1. The first-order chi connectivity index (χ1) is 7.88. The average Bonchev–Trinajstić information content (AvgIpc) is 2.57. The van der Waals surface area contributed by atoms with Crippen molar-refractivity contribution in [2.75, 3.05) is 5.32 Å². The van der Waals surface area contributed by atoms with Gasteiger partial charge in [0.2, 0.25) is 0 Å². The van der Waals surface area contributed by atoms with Gasteiger partial charge in [0.1, 0.15) is 5.75 Å². The molecule has 92 valence electrons. The number of carboxylic acids is 1. The number of rotatable bonds is 3. The number of benzene rings is 1. The fourth-order valence-corrected chi connectivity index (χ4v) is 2.25. The number of anilines is 1. The molecule has 4 nitrogen and oxygen atoms in total. The van der Waals surface area contributed by atoms with E-state index >= 15 is 0 Å². The summed E-state index contributed by atoms with van der Waals surface area (Å²) in [6, 6.07) is 5.32. The van der Waals surface area contributed by atoms with Crippen LogP contribution in [-0.2, 0) is 11.2 Å². The minimum atomic E-state index is -0.780. The van der Waals surface area contributed by atoms with Crippen LogP contribution < -0.4 is 5.32 Å². The molecule has 17 heavy (non-hydrogen) atoms. The third kappa shape index (κ3) is 2.35. The summed E-state index contributed by atoms with van der Waals surface area (Å²) >= 11 is 0. The second-order valence-electron chi connectivity index (χ2n) is 5.28. The van der Waals surface area contributed by atoms with Crippen LogP contribution in [0.4, 0.5) is 5.69 Å². The van der Waals surface area contributed by atoms with Crippen molar-refractivity contribution in [3.8, 4) is 5.75 Å². The molecule has 1 aliphatic rings. The first kappa shape index (κ1) is 11.8. The second kappa shape index (κ2) is 3.95. The lowest BCUT2D eigenvalue weighted by Gasteiger charge is -2.23. The molecule has 0 amide bonds. The number of carbonyl (C=O) groups is 1. The average molecular weight is 235 g/mol. The number of phenolic OH excluding ortho intramolecular Hbond substituents is 1. The SMILES string of the molecule is CC(C)(CC1Cc2cc(O)ccc2N1)C(=O)O. The number of aliphatic carboxylic acids is 1. The van der Waals surface area contributed by atoms with Crippen LogP contribution in [0.25, 0.3) is 0 Å². The lowest BCUT2D eigenvalue weighted by molar-refractivity contribution is -0.147. The van der Waals surface area contributed by atoms with Gasteiger partial charge in [-0.25, -0.2) is 0 Å². The molecule has 0 spiro atoms. The maximum absolute atomic E-state index is 11.1. The molecule has 0 bridgehead atoms. The van der Waals surface area contributed by atoms with E-state index in [-0.39, 0.29) is 11.8 Å². The van der Waals surface area contributed by atoms with E-state index < -0.39 is 11.4 Å². The van der Waals surface area contributed by atoms with Crippen LogP contribution in [0.1, 0.15) is 25.8 Å². The summed E-state index contributed by atoms with van der Waals surface area (Å²) in [7, 11) is 0. The highest BCUT2D eigenvalue weighted by Gasteiger charge is 2.33. The molecular formula is C13H17NO3. The maximum Gasteiger partial charge on any atom is 0.309 e. The largest absolute Gasteiger partial charge is 0.508 e. The van der Waals surface area contributed by atoms with Crippen molar-refractivity contribution in [3.63, 3.8) is 0 Å². The molecular weight excluding hydrogens is 218 g/mol. The highest BCUT2D eigenvalue weighted by atomic mass is 16.4. The van der Waals surface area contributed by atoms with E-state index in [1.54, 1.807) is 26.0 Å². The zero-order valence-corrected chi connectivity index (χ0v) is 10.0. The standard InChI is InChI=1S/C13H17NO3/c1-13(2,12(16)17)7-9-5-8-6-10(15)3-4-11(8)14-9/h3-4,6,9,14-15H,5,7H2,1-2H3,(H,16,17). The predicted octanol–water partition coefficient (Wildman–Crippen LogP) is 2.23. The van der Waals surface area contributed by atoms with Gasteiger partial charge in [-0.3, -0.25) is 4.79 Å². The van der Waals surface area contributed by atoms with Gasteiger partial charge in [0.15, 0.2) is 0 Å². The molecule has 1 aromatic rings. The Balaban J connectivity index is 2.08. The monoisotopic (exact) mass is 235 g/mol. The summed E-state index contributed by atoms with van der Waals surface area (Å²) in [5.41, 5.74) is 1.31. The Morgan fingerprint density at radius 1 is 1.53 bits per heavy atom. The van der Waals surface area contributed by atoms with Crippen molar-refractivity contribution in [2.45, 2.75) is 32.7 Å². The van der Waals surface area contributed by atoms with E-state index in [0.29, 0.717) is 6.42 Å². The first-order valence-corrected chi connectivity index (χ1v) is 5.70. The van der Waals surface area contributed by atoms with Crippen LogP contribution in [0.5, 0.6) is 5.75 Å². The number of nitrogens with one attached hydrogen (secondary N) is 1. The van der Waals surface area contributed by atoms with E-state index in [9.17, 15) is 9.90 Å². The molecule has 1 aromatic carbocycles. The smallest absolute Gasteiger partial charge is 0.309 e. The molecule has 0 fully saturated rings. The molecule has 1 atom stereocenters. The van der Waals surface area contributed by atoms with Crippen molar-refractivity contribution >= 4 is 11.7 Å². The van der Waals surface area contributed by atoms with E-state index in [4.69, 9.17) is 5.11 Å². The Morgan fingerprint density at radius 2 is 2.24 bits per heavy atom. The number of fused-ring (bicyclic) bond motifs is 1. The third-order valence-corrected chi connectivity index (χ3v) is 3.25. The number of hydrogen-bond acceptors (Lipinski definition) is 3. The van der Waals surface area contributed by atoms with Gasteiger partial charge >= 0.3 is 5.97 Å². The van der Waals surface area contributed by atoms with Crippen LogP contribution in [0, 0.1) is 5.41 Å². The molecule has 0 saturated carbocycles. The van der Waals surface area contributed by atoms with Crippen molar-refractivity contribution < 1.29 is 15.0 Å². The molecule has 2 rings (SSSR count). The van der Waals surface area contributed by atoms with Crippen LogP contribution in [0.2, 0.25) is 0 Å². The normalized spacial score (nSPS) is 18.6. The van der Waals surface area contributed by atoms with E-state index in [0.717, 1.165) is 17.7 Å². The number of aromatic hydroxyl groups is 1. The zero-order chi connectivity index (χ0) is 12.6. The Labute approximate surface area is 100 Å². The summed E-state index contributed by atoms with van der Waals surface area (Å²) in [6.45, 7) is 3.47. The molecule has 1 unspecified atom stereocenters. The van der Waals surface area contributed by atoms with Gasteiger partial charge in [0, 0.05) is 11.7 Å². The number of hydrogen-bond donors (Lipinski definition) is 3. The zero-order valence-electron chi connectivity index (χ0n) is 10.0. The molecule has 1 heterocycles. The minimum absolute atomic E-state index is 0.123. The van der Waals surface area contributed by atoms with Gasteiger partial charge in [-0.1, -0.05) is 0 Å². The number of carboxylic acid groups (broad SMARTS) is 1. The molecule has 3 N–H and O–H groups in total. The third-order valence-electron chi connectivity index (χ3n) is 3.25. The Bertz CT molecular complexity index is 454. The van der Waals surface area contributed by atoms with Crippen LogP contribution in [0.15, 0.2) is 18.2 Å². The molecule has 0 radical (unpaired) electrons. The fraction of sp³-hybridized carbons (Fsp3) is 0.462. The van der Waals surface area contributed by atoms with E-state index in [1.807, 2.05) is 6.07 Å². The van der Waals surface area contributed by atoms with Gasteiger partial charge in [0.25, 0.3) is 0 Å². The van der Waals surface area contributed by atoms with Gasteiger partial charge in [0.05, 0.1) is 5.41 Å². The molecule has 0 saturated heterocycles.